The zero-order valence-electron chi connectivity index (χ0n) is 8.48. The highest BCUT2D eigenvalue weighted by Gasteiger charge is 2.65. The normalized spacial score (nSPS) is 14.1. The van der Waals surface area contributed by atoms with Crippen LogP contribution >= 0.6 is 0 Å². The second kappa shape index (κ2) is 3.88. The Hall–Kier alpha value is -1.28. The lowest BCUT2D eigenvalue weighted by atomic mass is 10.2. The van der Waals surface area contributed by atoms with Crippen molar-refractivity contribution in [3.63, 3.8) is 0 Å². The number of aryl methyl sites for hydroxylation is 1. The summed E-state index contributed by atoms with van der Waals surface area (Å²) in [6.45, 7) is 0. The van der Waals surface area contributed by atoms with E-state index >= 15 is 0 Å². The van der Waals surface area contributed by atoms with Crippen LogP contribution in [-0.2, 0) is 13.1 Å². The molecule has 1 aromatic heterocycles. The van der Waals surface area contributed by atoms with Crippen molar-refractivity contribution in [3.05, 3.63) is 18.7 Å². The Morgan fingerprint density at radius 2 is 1.59 bits per heavy atom. The van der Waals surface area contributed by atoms with Crippen molar-refractivity contribution in [1.29, 1.82) is 0 Å². The Labute approximate surface area is 91.3 Å². The molecule has 98 valence electrons. The molecule has 1 heterocycles. The standard InChI is InChI=1S/C8H8F7N2/c1-16-2-3-17(5-16)8(14,15)6(9,10)4-7(11,12)13/h2-3,5H,4H2,1H3/q+1. The largest absolute Gasteiger partial charge is 0.462 e. The summed E-state index contributed by atoms with van der Waals surface area (Å²) in [7, 11) is 1.27. The first-order chi connectivity index (χ1) is 7.46. The van der Waals surface area contributed by atoms with Crippen molar-refractivity contribution in [1.82, 2.24) is 4.57 Å². The number of halogens is 7. The van der Waals surface area contributed by atoms with E-state index in [2.05, 4.69) is 0 Å². The molecule has 0 unspecified atom stereocenters. The van der Waals surface area contributed by atoms with Crippen LogP contribution in [0.4, 0.5) is 30.7 Å². The van der Waals surface area contributed by atoms with E-state index in [0.717, 1.165) is 10.8 Å². The Kier molecular flexibility index (Phi) is 3.15. The first-order valence-electron chi connectivity index (χ1n) is 4.32. The summed E-state index contributed by atoms with van der Waals surface area (Å²) in [6, 6.07) is -4.94. The summed E-state index contributed by atoms with van der Waals surface area (Å²) >= 11 is 0. The SMILES string of the molecule is C[n+]1ccn(C(F)(F)C(F)(F)CC(F)(F)F)c1. The van der Waals surface area contributed by atoms with Crippen LogP contribution in [0.1, 0.15) is 6.42 Å². The third-order valence-corrected chi connectivity index (χ3v) is 1.96. The van der Waals surface area contributed by atoms with Gasteiger partial charge in [0.1, 0.15) is 18.8 Å². The maximum atomic E-state index is 13.2. The molecule has 1 aromatic rings. The van der Waals surface area contributed by atoms with Crippen LogP contribution < -0.4 is 4.57 Å². The Balaban J connectivity index is 3.04. The lowest BCUT2D eigenvalue weighted by Crippen LogP contribution is -2.46. The van der Waals surface area contributed by atoms with E-state index in [-0.39, 0.29) is 4.57 Å². The van der Waals surface area contributed by atoms with Gasteiger partial charge in [-0.1, -0.05) is 0 Å². The minimum absolute atomic E-state index is 0.251. The van der Waals surface area contributed by atoms with Crippen LogP contribution in [0.3, 0.4) is 0 Å². The highest BCUT2D eigenvalue weighted by Crippen LogP contribution is 2.44. The second-order valence-corrected chi connectivity index (χ2v) is 3.52. The predicted molar refractivity (Wildman–Crippen MR) is 41.4 cm³/mol. The van der Waals surface area contributed by atoms with Crippen LogP contribution in [0.5, 0.6) is 0 Å². The van der Waals surface area contributed by atoms with E-state index in [4.69, 9.17) is 0 Å². The molecule has 0 amide bonds. The number of hydrogen-bond acceptors (Lipinski definition) is 0. The van der Waals surface area contributed by atoms with Crippen molar-refractivity contribution in [2.24, 2.45) is 7.05 Å². The van der Waals surface area contributed by atoms with Crippen molar-refractivity contribution in [2.45, 2.75) is 24.6 Å². The van der Waals surface area contributed by atoms with E-state index in [9.17, 15) is 30.7 Å². The summed E-state index contributed by atoms with van der Waals surface area (Å²) in [5.74, 6) is -5.21. The van der Waals surface area contributed by atoms with E-state index in [1.165, 1.54) is 7.05 Å². The molecule has 0 radical (unpaired) electrons. The number of rotatable bonds is 3. The van der Waals surface area contributed by atoms with Crippen molar-refractivity contribution >= 4 is 0 Å². The molecule has 0 bridgehead atoms. The van der Waals surface area contributed by atoms with Crippen molar-refractivity contribution in [2.75, 3.05) is 0 Å². The fourth-order valence-electron chi connectivity index (χ4n) is 1.16. The average molecular weight is 265 g/mol. The molecule has 0 aliphatic rings. The monoisotopic (exact) mass is 265 g/mol. The molecular formula is C8H8F7N2+. The number of alkyl halides is 7. The number of nitrogens with zero attached hydrogens (tertiary/aromatic N) is 2. The third-order valence-electron chi connectivity index (χ3n) is 1.96. The zero-order chi connectivity index (χ0) is 13.5. The summed E-state index contributed by atoms with van der Waals surface area (Å²) in [4.78, 5) is 0. The van der Waals surface area contributed by atoms with Gasteiger partial charge in [-0.3, -0.25) is 0 Å². The van der Waals surface area contributed by atoms with Gasteiger partial charge in [0.05, 0.1) is 7.05 Å². The van der Waals surface area contributed by atoms with E-state index in [0.29, 0.717) is 12.5 Å². The molecular weight excluding hydrogens is 257 g/mol. The minimum atomic E-state index is -5.37. The second-order valence-electron chi connectivity index (χ2n) is 3.52. The molecule has 0 spiro atoms. The lowest BCUT2D eigenvalue weighted by Gasteiger charge is -2.23. The van der Waals surface area contributed by atoms with E-state index < -0.39 is 24.6 Å². The first kappa shape index (κ1) is 13.8. The van der Waals surface area contributed by atoms with Gasteiger partial charge in [-0.05, 0) is 0 Å². The summed E-state index contributed by atoms with van der Waals surface area (Å²) in [6.07, 6.45) is -6.09. The first-order valence-corrected chi connectivity index (χ1v) is 4.32. The molecule has 9 heteroatoms. The summed E-state index contributed by atoms with van der Waals surface area (Å²) in [5.41, 5.74) is 0. The van der Waals surface area contributed by atoms with Gasteiger partial charge in [0, 0.05) is 0 Å². The molecule has 0 aliphatic carbocycles. The lowest BCUT2D eigenvalue weighted by molar-refractivity contribution is -0.671. The van der Waals surface area contributed by atoms with E-state index in [1.807, 2.05) is 0 Å². The van der Waals surface area contributed by atoms with Crippen molar-refractivity contribution in [3.8, 4) is 0 Å². The summed E-state index contributed by atoms with van der Waals surface area (Å²) in [5, 5.41) is 0. The number of imidazole rings is 1. The smallest absolute Gasteiger partial charge is 0.239 e. The van der Waals surface area contributed by atoms with Gasteiger partial charge in [-0.15, -0.1) is 0 Å². The molecule has 0 saturated heterocycles. The fourth-order valence-corrected chi connectivity index (χ4v) is 1.16. The molecule has 0 fully saturated rings. The van der Waals surface area contributed by atoms with Gasteiger partial charge in [0.2, 0.25) is 6.33 Å². The predicted octanol–water partition coefficient (Wildman–Crippen LogP) is 2.45. The van der Waals surface area contributed by atoms with Crippen LogP contribution in [-0.4, -0.2) is 16.7 Å². The highest BCUT2D eigenvalue weighted by molar-refractivity contribution is 4.86. The van der Waals surface area contributed by atoms with E-state index in [1.54, 1.807) is 0 Å². The minimum Gasteiger partial charge on any atom is -0.239 e. The van der Waals surface area contributed by atoms with Gasteiger partial charge in [0.25, 0.3) is 0 Å². The molecule has 1 rings (SSSR count). The maximum absolute atomic E-state index is 13.2. The number of aromatic nitrogens is 2. The molecule has 17 heavy (non-hydrogen) atoms. The van der Waals surface area contributed by atoms with Gasteiger partial charge in [0.15, 0.2) is 0 Å². The topological polar surface area (TPSA) is 8.81 Å². The van der Waals surface area contributed by atoms with Crippen LogP contribution in [0.15, 0.2) is 18.7 Å². The molecule has 0 N–H and O–H groups in total. The Bertz CT molecular complexity index is 393. The molecule has 0 aromatic carbocycles. The van der Waals surface area contributed by atoms with Crippen LogP contribution in [0.2, 0.25) is 0 Å². The molecule has 0 saturated carbocycles. The highest BCUT2D eigenvalue weighted by atomic mass is 19.4. The van der Waals surface area contributed by atoms with Gasteiger partial charge in [-0.2, -0.15) is 35.3 Å². The summed E-state index contributed by atoms with van der Waals surface area (Å²) < 4.78 is 88.2. The van der Waals surface area contributed by atoms with Crippen LogP contribution in [0, 0.1) is 0 Å². The van der Waals surface area contributed by atoms with Gasteiger partial charge < -0.3 is 0 Å². The molecule has 2 nitrogen and oxygen atoms in total. The average Bonchev–Trinajstić information content (AvgIpc) is 2.47. The van der Waals surface area contributed by atoms with Gasteiger partial charge in [-0.25, -0.2) is 4.57 Å². The van der Waals surface area contributed by atoms with Crippen molar-refractivity contribution < 1.29 is 35.3 Å². The molecule has 0 aliphatic heterocycles. The van der Waals surface area contributed by atoms with Gasteiger partial charge >= 0.3 is 18.1 Å². The maximum Gasteiger partial charge on any atom is 0.462 e. The number of hydrogen-bond donors (Lipinski definition) is 0. The third kappa shape index (κ3) is 2.89. The molecule has 0 atom stereocenters. The van der Waals surface area contributed by atoms with Crippen LogP contribution in [0.25, 0.3) is 0 Å². The zero-order valence-corrected chi connectivity index (χ0v) is 8.48. The quantitative estimate of drug-likeness (QED) is 0.586. The Morgan fingerprint density at radius 1 is 1.06 bits per heavy atom. The fraction of sp³-hybridized carbons (Fsp3) is 0.625. The Morgan fingerprint density at radius 3 is 1.94 bits per heavy atom.